The summed E-state index contributed by atoms with van der Waals surface area (Å²) in [7, 11) is 3.53. The van der Waals surface area contributed by atoms with E-state index in [1.807, 2.05) is 50.6 Å². The van der Waals surface area contributed by atoms with Crippen LogP contribution in [0, 0.1) is 0 Å². The molecule has 0 unspecified atom stereocenters. The van der Waals surface area contributed by atoms with Crippen molar-refractivity contribution < 1.29 is 4.79 Å². The lowest BCUT2D eigenvalue weighted by Crippen LogP contribution is -2.38. The van der Waals surface area contributed by atoms with Crippen LogP contribution in [0.2, 0.25) is 0 Å². The number of aromatic nitrogens is 2. The number of hydrogen-bond acceptors (Lipinski definition) is 3. The van der Waals surface area contributed by atoms with Crippen LogP contribution < -0.4 is 16.0 Å². The van der Waals surface area contributed by atoms with Gasteiger partial charge in [0, 0.05) is 44.5 Å². The molecule has 0 bridgehead atoms. The van der Waals surface area contributed by atoms with Crippen LogP contribution >= 0.6 is 0 Å². The zero-order valence-corrected chi connectivity index (χ0v) is 15.0. The molecule has 1 amide bonds. The highest BCUT2D eigenvalue weighted by Crippen LogP contribution is 2.05. The highest BCUT2D eigenvalue weighted by Gasteiger charge is 2.04. The van der Waals surface area contributed by atoms with Gasteiger partial charge in [0.25, 0.3) is 5.91 Å². The summed E-state index contributed by atoms with van der Waals surface area (Å²) < 4.78 is 1.77. The number of nitrogens with zero attached hydrogens (tertiary/aromatic N) is 3. The molecule has 25 heavy (non-hydrogen) atoms. The largest absolute Gasteiger partial charge is 0.357 e. The lowest BCUT2D eigenvalue weighted by atomic mass is 10.1. The Kier molecular flexibility index (Phi) is 7.00. The van der Waals surface area contributed by atoms with Gasteiger partial charge in [-0.3, -0.25) is 9.48 Å². The first-order chi connectivity index (χ1) is 12.1. The van der Waals surface area contributed by atoms with Crippen LogP contribution in [-0.2, 0) is 20.0 Å². The van der Waals surface area contributed by atoms with Crippen LogP contribution in [0.5, 0.6) is 0 Å². The van der Waals surface area contributed by atoms with Crippen molar-refractivity contribution in [2.45, 2.75) is 19.9 Å². The Morgan fingerprint density at radius 3 is 2.80 bits per heavy atom. The van der Waals surface area contributed by atoms with Gasteiger partial charge in [0.15, 0.2) is 5.96 Å². The summed E-state index contributed by atoms with van der Waals surface area (Å²) in [5.41, 5.74) is 2.85. The predicted octanol–water partition coefficient (Wildman–Crippen LogP) is 1.08. The number of carbonyl (C=O) groups excluding carboxylic acids is 1. The van der Waals surface area contributed by atoms with E-state index < -0.39 is 0 Å². The number of nitrogens with one attached hydrogen (secondary N) is 3. The Balaban J connectivity index is 1.89. The van der Waals surface area contributed by atoms with Crippen LogP contribution in [0.4, 0.5) is 0 Å². The third-order valence-corrected chi connectivity index (χ3v) is 3.64. The van der Waals surface area contributed by atoms with Gasteiger partial charge >= 0.3 is 0 Å². The summed E-state index contributed by atoms with van der Waals surface area (Å²) in [6.07, 6.45) is 4.58. The summed E-state index contributed by atoms with van der Waals surface area (Å²) in [6, 6.07) is 7.66. The summed E-state index contributed by atoms with van der Waals surface area (Å²) in [4.78, 5) is 16.3. The number of amides is 1. The average molecular weight is 342 g/mol. The van der Waals surface area contributed by atoms with E-state index >= 15 is 0 Å². The molecule has 1 heterocycles. The molecule has 0 atom stereocenters. The van der Waals surface area contributed by atoms with Gasteiger partial charge < -0.3 is 16.0 Å². The molecule has 0 saturated heterocycles. The van der Waals surface area contributed by atoms with E-state index in [-0.39, 0.29) is 5.91 Å². The predicted molar refractivity (Wildman–Crippen MR) is 99.6 cm³/mol. The molecule has 0 spiro atoms. The second-order valence-corrected chi connectivity index (χ2v) is 5.67. The smallest absolute Gasteiger partial charge is 0.251 e. The Labute approximate surface area is 148 Å². The summed E-state index contributed by atoms with van der Waals surface area (Å²) in [6.45, 7) is 4.14. The van der Waals surface area contributed by atoms with Crippen LogP contribution in [0.15, 0.2) is 41.7 Å². The molecular weight excluding hydrogens is 316 g/mol. The second kappa shape index (κ2) is 9.46. The monoisotopic (exact) mass is 342 g/mol. The molecular formula is C18H26N6O. The van der Waals surface area contributed by atoms with Gasteiger partial charge in [-0.2, -0.15) is 5.10 Å². The molecule has 7 heteroatoms. The minimum Gasteiger partial charge on any atom is -0.357 e. The Hall–Kier alpha value is -2.83. The van der Waals surface area contributed by atoms with E-state index in [9.17, 15) is 4.79 Å². The number of carbonyl (C=O) groups is 1. The van der Waals surface area contributed by atoms with Crippen LogP contribution in [0.25, 0.3) is 0 Å². The van der Waals surface area contributed by atoms with Crippen molar-refractivity contribution in [1.29, 1.82) is 0 Å². The maximum absolute atomic E-state index is 11.7. The van der Waals surface area contributed by atoms with Gasteiger partial charge in [-0.15, -0.1) is 0 Å². The second-order valence-electron chi connectivity index (χ2n) is 5.67. The molecule has 0 aliphatic carbocycles. The zero-order valence-electron chi connectivity index (χ0n) is 15.0. The van der Waals surface area contributed by atoms with Crippen LogP contribution in [-0.4, -0.2) is 41.8 Å². The maximum Gasteiger partial charge on any atom is 0.251 e. The van der Waals surface area contributed by atoms with Crippen molar-refractivity contribution in [3.8, 4) is 0 Å². The topological polar surface area (TPSA) is 83.3 Å². The Morgan fingerprint density at radius 1 is 1.28 bits per heavy atom. The molecule has 0 saturated carbocycles. The standard InChI is InChI=1S/C18H26N6O/c1-4-20-18(22-11-15-12-23-24(3)13-15)21-9-8-14-6-5-7-16(10-14)17(25)19-2/h5-7,10,12-13H,4,8-9,11H2,1-3H3,(H,19,25)(H2,20,21,22). The fourth-order valence-electron chi connectivity index (χ4n) is 2.40. The minimum absolute atomic E-state index is 0.0684. The Bertz CT molecular complexity index is 722. The Morgan fingerprint density at radius 2 is 2.12 bits per heavy atom. The number of rotatable bonds is 7. The van der Waals surface area contributed by atoms with E-state index in [0.717, 1.165) is 36.6 Å². The average Bonchev–Trinajstić information content (AvgIpc) is 3.04. The highest BCUT2D eigenvalue weighted by atomic mass is 16.1. The summed E-state index contributed by atoms with van der Waals surface area (Å²) >= 11 is 0. The van der Waals surface area contributed by atoms with Crippen molar-refractivity contribution in [3.63, 3.8) is 0 Å². The first-order valence-corrected chi connectivity index (χ1v) is 8.43. The fraction of sp³-hybridized carbons (Fsp3) is 0.389. The minimum atomic E-state index is -0.0684. The number of guanidine groups is 1. The van der Waals surface area contributed by atoms with Gasteiger partial charge in [-0.05, 0) is 31.0 Å². The maximum atomic E-state index is 11.7. The van der Waals surface area contributed by atoms with Crippen LogP contribution in [0.3, 0.4) is 0 Å². The van der Waals surface area contributed by atoms with Gasteiger partial charge in [0.2, 0.25) is 0 Å². The molecule has 0 radical (unpaired) electrons. The molecule has 1 aromatic carbocycles. The molecule has 2 rings (SSSR count). The van der Waals surface area contributed by atoms with Gasteiger partial charge in [-0.25, -0.2) is 4.99 Å². The zero-order chi connectivity index (χ0) is 18.1. The van der Waals surface area contributed by atoms with Crippen LogP contribution in [0.1, 0.15) is 28.4 Å². The molecule has 7 nitrogen and oxygen atoms in total. The molecule has 134 valence electrons. The molecule has 1 aromatic heterocycles. The summed E-state index contributed by atoms with van der Waals surface area (Å²) in [5, 5.41) is 13.3. The van der Waals surface area contributed by atoms with E-state index in [4.69, 9.17) is 0 Å². The van der Waals surface area contributed by atoms with Crippen molar-refractivity contribution in [2.24, 2.45) is 12.0 Å². The number of aryl methyl sites for hydroxylation is 1. The quantitative estimate of drug-likeness (QED) is 0.519. The lowest BCUT2D eigenvalue weighted by molar-refractivity contribution is 0.0963. The highest BCUT2D eigenvalue weighted by molar-refractivity contribution is 5.94. The van der Waals surface area contributed by atoms with Gasteiger partial charge in [0.05, 0.1) is 12.7 Å². The van der Waals surface area contributed by atoms with E-state index in [1.54, 1.807) is 11.7 Å². The van der Waals surface area contributed by atoms with Crippen molar-refractivity contribution >= 4 is 11.9 Å². The van der Waals surface area contributed by atoms with Crippen molar-refractivity contribution in [1.82, 2.24) is 25.7 Å². The van der Waals surface area contributed by atoms with Gasteiger partial charge in [-0.1, -0.05) is 12.1 Å². The third kappa shape index (κ3) is 5.95. The molecule has 2 aromatic rings. The van der Waals surface area contributed by atoms with Crippen molar-refractivity contribution in [3.05, 3.63) is 53.3 Å². The van der Waals surface area contributed by atoms with E-state index in [1.165, 1.54) is 0 Å². The molecule has 0 aliphatic rings. The molecule has 3 N–H and O–H groups in total. The third-order valence-electron chi connectivity index (χ3n) is 3.64. The first kappa shape index (κ1) is 18.5. The number of benzene rings is 1. The number of hydrogen-bond donors (Lipinski definition) is 3. The molecule has 0 aliphatic heterocycles. The SMILES string of the molecule is CCNC(=NCc1cnn(C)c1)NCCc1cccc(C(=O)NC)c1. The fourth-order valence-corrected chi connectivity index (χ4v) is 2.40. The van der Waals surface area contributed by atoms with E-state index in [0.29, 0.717) is 12.1 Å². The van der Waals surface area contributed by atoms with Gasteiger partial charge in [0.1, 0.15) is 0 Å². The normalized spacial score (nSPS) is 11.2. The lowest BCUT2D eigenvalue weighted by Gasteiger charge is -2.11. The number of aliphatic imine (C=N–C) groups is 1. The summed E-state index contributed by atoms with van der Waals surface area (Å²) in [5.74, 6) is 0.704. The molecule has 0 fully saturated rings. The van der Waals surface area contributed by atoms with Crippen molar-refractivity contribution in [2.75, 3.05) is 20.1 Å². The first-order valence-electron chi connectivity index (χ1n) is 8.43. The van der Waals surface area contributed by atoms with E-state index in [2.05, 4.69) is 26.0 Å².